The minimum absolute atomic E-state index is 0.0268. The Labute approximate surface area is 211 Å². The minimum Gasteiger partial charge on any atom is -0.481 e. The molecule has 0 radical (unpaired) electrons. The number of primary amides is 2. The number of aliphatic carboxylic acids is 1. The van der Waals surface area contributed by atoms with Gasteiger partial charge in [-0.05, 0) is 16.3 Å². The molecule has 0 saturated carbocycles. The number of aliphatic hydroxyl groups is 1. The molecule has 0 aliphatic rings. The van der Waals surface area contributed by atoms with Crippen molar-refractivity contribution in [1.29, 1.82) is 0 Å². The number of carboxylic acid groups (broad SMARTS) is 1. The van der Waals surface area contributed by atoms with Crippen molar-refractivity contribution in [3.63, 3.8) is 0 Å². The largest absolute Gasteiger partial charge is 0.481 e. The summed E-state index contributed by atoms with van der Waals surface area (Å²) in [6, 6.07) is 8.58. The molecular weight excluding hydrogens is 486 g/mol. The van der Waals surface area contributed by atoms with Crippen LogP contribution in [0.2, 0.25) is 0 Å². The van der Waals surface area contributed by atoms with Crippen molar-refractivity contribution in [2.75, 3.05) is 6.61 Å². The van der Waals surface area contributed by atoms with Crippen molar-refractivity contribution in [1.82, 2.24) is 16.0 Å². The highest BCUT2D eigenvalue weighted by molar-refractivity contribution is 5.96. The first kappa shape index (κ1) is 28.7. The van der Waals surface area contributed by atoms with E-state index < -0.39 is 79.5 Å². The Hall–Kier alpha value is -4.52. The van der Waals surface area contributed by atoms with Gasteiger partial charge in [0.1, 0.15) is 18.1 Å². The lowest BCUT2D eigenvalue weighted by atomic mass is 10.0. The fourth-order valence-corrected chi connectivity index (χ4v) is 3.46. The first-order chi connectivity index (χ1) is 17.5. The molecule has 2 rings (SSSR count). The van der Waals surface area contributed by atoms with Crippen LogP contribution >= 0.6 is 0 Å². The lowest BCUT2D eigenvalue weighted by Crippen LogP contribution is -2.58. The van der Waals surface area contributed by atoms with Gasteiger partial charge in [-0.2, -0.15) is 0 Å². The number of amides is 5. The molecule has 9 N–H and O–H groups in total. The average molecular weight is 516 g/mol. The summed E-state index contributed by atoms with van der Waals surface area (Å²) in [6.45, 7) is -0.817. The standard InChI is InChI=1S/C24H29N5O8/c25-19(31)11-17(24(37)29-18(12-30)22(26)35)28-23(36)16(27-20(32)7-8-21(33)34)10-13-5-6-14-3-1-2-4-15(14)9-13/h1-6,9,16-18,30H,7-8,10-12H2,(H2,25,31)(H2,26,35)(H,27,32)(H,28,36)(H,29,37)(H,33,34)/t16-,17-,18-/m0/s1. The molecular formula is C24H29N5O8. The fraction of sp³-hybridized carbons (Fsp3) is 0.333. The van der Waals surface area contributed by atoms with Gasteiger partial charge in [-0.15, -0.1) is 0 Å². The zero-order valence-corrected chi connectivity index (χ0v) is 19.8. The molecule has 0 aliphatic carbocycles. The molecule has 2 aromatic rings. The number of rotatable bonds is 14. The number of aliphatic hydroxyl groups excluding tert-OH is 1. The van der Waals surface area contributed by atoms with Crippen LogP contribution in [-0.4, -0.2) is 70.5 Å². The molecule has 0 aliphatic heterocycles. The van der Waals surface area contributed by atoms with Gasteiger partial charge < -0.3 is 37.6 Å². The molecule has 0 heterocycles. The van der Waals surface area contributed by atoms with E-state index in [1.54, 1.807) is 6.07 Å². The molecule has 5 amide bonds. The Morgan fingerprint density at radius 3 is 2.00 bits per heavy atom. The van der Waals surface area contributed by atoms with Crippen LogP contribution < -0.4 is 27.4 Å². The molecule has 13 nitrogen and oxygen atoms in total. The monoisotopic (exact) mass is 515 g/mol. The second kappa shape index (κ2) is 13.5. The van der Waals surface area contributed by atoms with Crippen LogP contribution in [0.25, 0.3) is 10.8 Å². The third-order valence-corrected chi connectivity index (χ3v) is 5.35. The van der Waals surface area contributed by atoms with Gasteiger partial charge in [-0.25, -0.2) is 0 Å². The van der Waals surface area contributed by atoms with Crippen LogP contribution in [-0.2, 0) is 35.2 Å². The highest BCUT2D eigenvalue weighted by Crippen LogP contribution is 2.17. The molecule has 198 valence electrons. The number of nitrogens with two attached hydrogens (primary N) is 2. The van der Waals surface area contributed by atoms with E-state index in [0.29, 0.717) is 5.56 Å². The van der Waals surface area contributed by atoms with Crippen molar-refractivity contribution < 1.29 is 39.0 Å². The normalized spacial score (nSPS) is 13.1. The van der Waals surface area contributed by atoms with E-state index in [2.05, 4.69) is 16.0 Å². The lowest BCUT2D eigenvalue weighted by Gasteiger charge is -2.24. The van der Waals surface area contributed by atoms with Gasteiger partial charge in [-0.3, -0.25) is 28.8 Å². The van der Waals surface area contributed by atoms with E-state index in [0.717, 1.165) is 10.8 Å². The van der Waals surface area contributed by atoms with Crippen LogP contribution in [0.3, 0.4) is 0 Å². The Bertz CT molecular complexity index is 1180. The molecule has 3 atom stereocenters. The summed E-state index contributed by atoms with van der Waals surface area (Å²) in [4.78, 5) is 71.8. The second-order valence-electron chi connectivity index (χ2n) is 8.28. The predicted octanol–water partition coefficient (Wildman–Crippen LogP) is -1.95. The summed E-state index contributed by atoms with van der Waals surface area (Å²) in [7, 11) is 0. The second-order valence-corrected chi connectivity index (χ2v) is 8.28. The smallest absolute Gasteiger partial charge is 0.303 e. The van der Waals surface area contributed by atoms with Crippen LogP contribution in [0.15, 0.2) is 42.5 Å². The third-order valence-electron chi connectivity index (χ3n) is 5.35. The Balaban J connectivity index is 2.27. The summed E-state index contributed by atoms with van der Waals surface area (Å²) in [5.41, 5.74) is 10.9. The van der Waals surface area contributed by atoms with Crippen LogP contribution in [0.4, 0.5) is 0 Å². The number of hydrogen-bond donors (Lipinski definition) is 7. The quantitative estimate of drug-likeness (QED) is 0.149. The van der Waals surface area contributed by atoms with Crippen LogP contribution in [0.5, 0.6) is 0 Å². The van der Waals surface area contributed by atoms with Gasteiger partial charge in [0.05, 0.1) is 19.4 Å². The molecule has 37 heavy (non-hydrogen) atoms. The van der Waals surface area contributed by atoms with Gasteiger partial charge in [0.25, 0.3) is 0 Å². The Kier molecular flexibility index (Phi) is 10.5. The lowest BCUT2D eigenvalue weighted by molar-refractivity contribution is -0.139. The minimum atomic E-state index is -1.55. The zero-order valence-electron chi connectivity index (χ0n) is 19.8. The Morgan fingerprint density at radius 2 is 1.41 bits per heavy atom. The maximum absolute atomic E-state index is 13.2. The summed E-state index contributed by atoms with van der Waals surface area (Å²) in [6.07, 6.45) is -1.53. The van der Waals surface area contributed by atoms with Gasteiger partial charge in [0, 0.05) is 12.8 Å². The molecule has 0 saturated heterocycles. The first-order valence-electron chi connectivity index (χ1n) is 11.3. The SMILES string of the molecule is NC(=O)C[C@H](NC(=O)[C@H](Cc1ccc2ccccc2c1)NC(=O)CCC(=O)O)C(=O)N[C@@H](CO)C(N)=O. The number of carboxylic acids is 1. The average Bonchev–Trinajstić information content (AvgIpc) is 2.84. The van der Waals surface area contributed by atoms with E-state index in [4.69, 9.17) is 16.6 Å². The maximum Gasteiger partial charge on any atom is 0.303 e. The number of benzene rings is 2. The molecule has 0 fully saturated rings. The number of nitrogens with one attached hydrogen (secondary N) is 3. The molecule has 0 spiro atoms. The number of hydrogen-bond acceptors (Lipinski definition) is 7. The van der Waals surface area contributed by atoms with E-state index >= 15 is 0 Å². The zero-order chi connectivity index (χ0) is 27.5. The predicted molar refractivity (Wildman–Crippen MR) is 130 cm³/mol. The van der Waals surface area contributed by atoms with Gasteiger partial charge in [0.15, 0.2) is 0 Å². The number of carbonyl (C=O) groups excluding carboxylic acids is 5. The molecule has 0 aromatic heterocycles. The van der Waals surface area contributed by atoms with E-state index in [1.165, 1.54) is 0 Å². The maximum atomic E-state index is 13.2. The van der Waals surface area contributed by atoms with Gasteiger partial charge in [-0.1, -0.05) is 42.5 Å². The van der Waals surface area contributed by atoms with Crippen molar-refractivity contribution >= 4 is 46.3 Å². The topological polar surface area (TPSA) is 231 Å². The van der Waals surface area contributed by atoms with Gasteiger partial charge in [0.2, 0.25) is 29.5 Å². The molecule has 0 bridgehead atoms. The van der Waals surface area contributed by atoms with Crippen molar-refractivity contribution in [3.8, 4) is 0 Å². The van der Waals surface area contributed by atoms with E-state index in [1.807, 2.05) is 36.4 Å². The summed E-state index contributed by atoms with van der Waals surface area (Å²) in [5.74, 6) is -5.77. The summed E-state index contributed by atoms with van der Waals surface area (Å²) >= 11 is 0. The van der Waals surface area contributed by atoms with E-state index in [9.17, 15) is 33.9 Å². The van der Waals surface area contributed by atoms with Gasteiger partial charge >= 0.3 is 5.97 Å². The third kappa shape index (κ3) is 9.22. The number of carbonyl (C=O) groups is 6. The summed E-state index contributed by atoms with van der Waals surface area (Å²) < 4.78 is 0. The van der Waals surface area contributed by atoms with Crippen LogP contribution in [0.1, 0.15) is 24.8 Å². The first-order valence-corrected chi connectivity index (χ1v) is 11.3. The highest BCUT2D eigenvalue weighted by Gasteiger charge is 2.30. The van der Waals surface area contributed by atoms with Crippen molar-refractivity contribution in [2.24, 2.45) is 11.5 Å². The fourth-order valence-electron chi connectivity index (χ4n) is 3.46. The number of fused-ring (bicyclic) bond motifs is 1. The Morgan fingerprint density at radius 1 is 0.784 bits per heavy atom. The van der Waals surface area contributed by atoms with Crippen molar-refractivity contribution in [2.45, 2.75) is 43.8 Å². The molecule has 2 aromatic carbocycles. The van der Waals surface area contributed by atoms with Crippen molar-refractivity contribution in [3.05, 3.63) is 48.0 Å². The molecule has 0 unspecified atom stereocenters. The summed E-state index contributed by atoms with van der Waals surface area (Å²) in [5, 5.41) is 26.8. The van der Waals surface area contributed by atoms with E-state index in [-0.39, 0.29) is 6.42 Å². The highest BCUT2D eigenvalue weighted by atomic mass is 16.4. The molecule has 13 heteroatoms. The van der Waals surface area contributed by atoms with Crippen LogP contribution in [0, 0.1) is 0 Å².